The molecule has 3 atom stereocenters. The first-order valence-corrected chi connectivity index (χ1v) is 18.6. The van der Waals surface area contributed by atoms with Gasteiger partial charge in [-0.05, 0) is 57.8 Å². The molecule has 0 aromatic carbocycles. The first kappa shape index (κ1) is 51.8. The molecule has 2 unspecified atom stereocenters. The Hall–Kier alpha value is -4.32. The zero-order chi connectivity index (χ0) is 40.3. The molecule has 0 radical (unpaired) electrons. The standard InChI is InChI=1S/C35H66N10O8.CH4/c1-23(2)42-27(33(36)51)13-7-11-18-39-30(48)21-45(22-31(49)40-19-12-8-14-28(34(37)52)43-24(3)4)32(50)16-20-41-35(53)29(44-26(6)47)15-9-10-17-38-25(5)46;/h23-24,27-29,42-43H,7-22H2,1-6H3,(H2,36,51)(H2,37,52)(H,38,46)(H,39,48)(H,40,49)(H,41,53)(H,44,47);1H4/t27?,28?,29-;/m0./s1. The zero-order valence-electron chi connectivity index (χ0n) is 32.6. The Balaban J connectivity index is 0. The van der Waals surface area contributed by atoms with Gasteiger partial charge in [-0.25, -0.2) is 0 Å². The minimum absolute atomic E-state index is 0. The predicted molar refractivity (Wildman–Crippen MR) is 207 cm³/mol. The van der Waals surface area contributed by atoms with E-state index in [0.29, 0.717) is 64.3 Å². The number of carbonyl (C=O) groups excluding carboxylic acids is 8. The molecule has 0 heterocycles. The van der Waals surface area contributed by atoms with Crippen LogP contribution in [0.1, 0.15) is 113 Å². The van der Waals surface area contributed by atoms with Crippen LogP contribution in [0, 0.1) is 0 Å². The molecule has 0 fully saturated rings. The van der Waals surface area contributed by atoms with Crippen LogP contribution in [0.15, 0.2) is 0 Å². The van der Waals surface area contributed by atoms with E-state index in [4.69, 9.17) is 11.5 Å². The van der Waals surface area contributed by atoms with Gasteiger partial charge in [-0.2, -0.15) is 0 Å². The van der Waals surface area contributed by atoms with Gasteiger partial charge in [-0.3, -0.25) is 38.4 Å². The molecule has 0 saturated carbocycles. The summed E-state index contributed by atoms with van der Waals surface area (Å²) in [7, 11) is 0. The average Bonchev–Trinajstić information content (AvgIpc) is 3.04. The number of nitrogens with two attached hydrogens (primary N) is 2. The predicted octanol–water partition coefficient (Wildman–Crippen LogP) is -0.955. The first-order chi connectivity index (χ1) is 24.9. The molecule has 312 valence electrons. The zero-order valence-corrected chi connectivity index (χ0v) is 32.6. The molecule has 0 aliphatic heterocycles. The van der Waals surface area contributed by atoms with Crippen LogP contribution in [-0.4, -0.2) is 122 Å². The van der Waals surface area contributed by atoms with E-state index < -0.39 is 72.6 Å². The summed E-state index contributed by atoms with van der Waals surface area (Å²) in [6.07, 6.45) is 4.60. The van der Waals surface area contributed by atoms with Crippen molar-refractivity contribution in [3.63, 3.8) is 0 Å². The number of primary amides is 2. The lowest BCUT2D eigenvalue weighted by Gasteiger charge is -2.23. The second-order valence-corrected chi connectivity index (χ2v) is 13.8. The Morgan fingerprint density at radius 1 is 0.537 bits per heavy atom. The van der Waals surface area contributed by atoms with Gasteiger partial charge in [0.2, 0.25) is 47.3 Å². The lowest BCUT2D eigenvalue weighted by Crippen LogP contribution is -2.48. The van der Waals surface area contributed by atoms with E-state index in [2.05, 4.69) is 37.2 Å². The summed E-state index contributed by atoms with van der Waals surface area (Å²) >= 11 is 0. The van der Waals surface area contributed by atoms with Gasteiger partial charge in [0, 0.05) is 58.5 Å². The largest absolute Gasteiger partial charge is 0.368 e. The number of nitrogens with zero attached hydrogens (tertiary/aromatic N) is 1. The van der Waals surface area contributed by atoms with Crippen molar-refractivity contribution in [2.24, 2.45) is 11.5 Å². The second kappa shape index (κ2) is 30.1. The molecule has 0 spiro atoms. The summed E-state index contributed by atoms with van der Waals surface area (Å²) in [6, 6.07) is -1.65. The highest BCUT2D eigenvalue weighted by Crippen LogP contribution is 2.05. The number of rotatable bonds is 30. The van der Waals surface area contributed by atoms with Gasteiger partial charge in [0.05, 0.1) is 12.1 Å². The highest BCUT2D eigenvalue weighted by molar-refractivity contribution is 5.90. The normalized spacial score (nSPS) is 12.4. The second-order valence-electron chi connectivity index (χ2n) is 13.8. The van der Waals surface area contributed by atoms with Crippen molar-refractivity contribution in [1.29, 1.82) is 0 Å². The summed E-state index contributed by atoms with van der Waals surface area (Å²) in [5.74, 6) is -3.46. The number of unbranched alkanes of at least 4 members (excludes halogenated alkanes) is 3. The van der Waals surface area contributed by atoms with Crippen molar-refractivity contribution in [3.05, 3.63) is 0 Å². The molecule has 8 amide bonds. The van der Waals surface area contributed by atoms with Crippen LogP contribution >= 0.6 is 0 Å². The van der Waals surface area contributed by atoms with E-state index in [9.17, 15) is 38.4 Å². The maximum atomic E-state index is 13.3. The minimum atomic E-state index is -0.841. The van der Waals surface area contributed by atoms with Gasteiger partial charge in [-0.1, -0.05) is 35.1 Å². The van der Waals surface area contributed by atoms with Crippen LogP contribution in [0.2, 0.25) is 0 Å². The van der Waals surface area contributed by atoms with Gasteiger partial charge < -0.3 is 53.6 Å². The van der Waals surface area contributed by atoms with Gasteiger partial charge >= 0.3 is 0 Å². The quantitative estimate of drug-likeness (QED) is 0.0404. The summed E-state index contributed by atoms with van der Waals surface area (Å²) < 4.78 is 0. The summed E-state index contributed by atoms with van der Waals surface area (Å²) in [5.41, 5.74) is 10.9. The fourth-order valence-electron chi connectivity index (χ4n) is 5.34. The van der Waals surface area contributed by atoms with Crippen LogP contribution in [-0.2, 0) is 38.4 Å². The molecule has 0 bridgehead atoms. The molecule has 0 rings (SSSR count). The molecule has 0 saturated heterocycles. The molecule has 0 aliphatic rings. The fraction of sp³-hybridized carbons (Fsp3) is 0.778. The monoisotopic (exact) mass is 771 g/mol. The molecular formula is C36H70N10O8. The Labute approximate surface area is 321 Å². The van der Waals surface area contributed by atoms with E-state index in [-0.39, 0.29) is 51.5 Å². The number of carbonyl (C=O) groups is 8. The molecule has 0 aliphatic carbocycles. The smallest absolute Gasteiger partial charge is 0.242 e. The average molecular weight is 771 g/mol. The van der Waals surface area contributed by atoms with Crippen molar-refractivity contribution in [2.75, 3.05) is 39.3 Å². The van der Waals surface area contributed by atoms with E-state index in [0.717, 1.165) is 4.90 Å². The maximum Gasteiger partial charge on any atom is 0.242 e. The third kappa shape index (κ3) is 27.3. The Kier molecular flexibility index (Phi) is 28.8. The van der Waals surface area contributed by atoms with Crippen molar-refractivity contribution < 1.29 is 38.4 Å². The highest BCUT2D eigenvalue weighted by atomic mass is 16.2. The number of amides is 8. The summed E-state index contributed by atoms with van der Waals surface area (Å²) in [4.78, 5) is 99.0. The molecular weight excluding hydrogens is 700 g/mol. The van der Waals surface area contributed by atoms with E-state index in [1.807, 2.05) is 27.7 Å². The van der Waals surface area contributed by atoms with Crippen LogP contribution in [0.4, 0.5) is 0 Å². The molecule has 18 heteroatoms. The van der Waals surface area contributed by atoms with Gasteiger partial charge in [0.15, 0.2) is 0 Å². The van der Waals surface area contributed by atoms with Crippen LogP contribution < -0.4 is 48.7 Å². The first-order valence-electron chi connectivity index (χ1n) is 18.6. The molecule has 18 nitrogen and oxygen atoms in total. The summed E-state index contributed by atoms with van der Waals surface area (Å²) in [5, 5.41) is 19.6. The van der Waals surface area contributed by atoms with E-state index in [1.54, 1.807) is 0 Å². The molecule has 0 aromatic rings. The van der Waals surface area contributed by atoms with Crippen molar-refractivity contribution in [2.45, 2.75) is 143 Å². The van der Waals surface area contributed by atoms with Gasteiger partial charge in [0.1, 0.15) is 19.1 Å². The number of hydrogen-bond donors (Lipinski definition) is 9. The summed E-state index contributed by atoms with van der Waals surface area (Å²) in [6.45, 7) is 10.4. The molecule has 11 N–H and O–H groups in total. The number of hydrogen-bond acceptors (Lipinski definition) is 10. The topological polar surface area (TPSA) is 276 Å². The maximum absolute atomic E-state index is 13.3. The number of nitrogens with one attached hydrogen (secondary N) is 7. The highest BCUT2D eigenvalue weighted by Gasteiger charge is 2.23. The third-order valence-electron chi connectivity index (χ3n) is 7.89. The van der Waals surface area contributed by atoms with Crippen LogP contribution in [0.25, 0.3) is 0 Å². The minimum Gasteiger partial charge on any atom is -0.368 e. The van der Waals surface area contributed by atoms with E-state index >= 15 is 0 Å². The lowest BCUT2D eigenvalue weighted by molar-refractivity contribution is -0.139. The fourth-order valence-corrected chi connectivity index (χ4v) is 5.34. The van der Waals surface area contributed by atoms with Crippen LogP contribution in [0.3, 0.4) is 0 Å². The van der Waals surface area contributed by atoms with Gasteiger partial charge in [0.25, 0.3) is 0 Å². The Morgan fingerprint density at radius 2 is 0.944 bits per heavy atom. The van der Waals surface area contributed by atoms with Crippen molar-refractivity contribution >= 4 is 47.3 Å². The molecule has 54 heavy (non-hydrogen) atoms. The third-order valence-corrected chi connectivity index (χ3v) is 7.89. The molecule has 0 aromatic heterocycles. The van der Waals surface area contributed by atoms with E-state index in [1.165, 1.54) is 13.8 Å². The lowest BCUT2D eigenvalue weighted by atomic mass is 10.1. The SMILES string of the molecule is C.CC(=O)NCCCC[C@H](NC(C)=O)C(=O)NCCC(=O)N(CC(=O)NCCCCC(NC(C)C)C(N)=O)CC(=O)NCCCCC(NC(C)C)C(N)=O. The van der Waals surface area contributed by atoms with Crippen molar-refractivity contribution in [3.8, 4) is 0 Å². The van der Waals surface area contributed by atoms with Gasteiger partial charge in [-0.15, -0.1) is 0 Å². The Morgan fingerprint density at radius 3 is 1.31 bits per heavy atom. The van der Waals surface area contributed by atoms with Crippen molar-refractivity contribution in [1.82, 2.24) is 42.1 Å². The van der Waals surface area contributed by atoms with Crippen LogP contribution in [0.5, 0.6) is 0 Å². The Bertz CT molecular complexity index is 1130.